The van der Waals surface area contributed by atoms with E-state index in [1.807, 2.05) is 5.38 Å². The first-order valence-electron chi connectivity index (χ1n) is 4.22. The third kappa shape index (κ3) is 1.90. The number of thiazole rings is 1. The molecule has 66 valence electrons. The van der Waals surface area contributed by atoms with Crippen molar-refractivity contribution in [3.8, 4) is 0 Å². The largest absolute Gasteiger partial charge is 0.359 e. The molecule has 1 aromatic heterocycles. The van der Waals surface area contributed by atoms with Gasteiger partial charge in [-0.25, -0.2) is 4.98 Å². The van der Waals surface area contributed by atoms with Gasteiger partial charge in [0.2, 0.25) is 0 Å². The SMILES string of the molecule is Clc1csc(NC2CCCC2)n1. The minimum atomic E-state index is 0.598. The van der Waals surface area contributed by atoms with Crippen molar-refractivity contribution in [2.24, 2.45) is 0 Å². The molecule has 2 nitrogen and oxygen atoms in total. The maximum Gasteiger partial charge on any atom is 0.184 e. The minimum absolute atomic E-state index is 0.598. The van der Waals surface area contributed by atoms with Crippen LogP contribution in [0.15, 0.2) is 5.38 Å². The molecule has 1 fully saturated rings. The van der Waals surface area contributed by atoms with Crippen molar-refractivity contribution < 1.29 is 0 Å². The van der Waals surface area contributed by atoms with Crippen LogP contribution in [0.5, 0.6) is 0 Å². The predicted molar refractivity (Wildman–Crippen MR) is 53.0 cm³/mol. The normalized spacial score (nSPS) is 18.4. The molecule has 1 aromatic rings. The number of halogens is 1. The van der Waals surface area contributed by atoms with E-state index in [1.165, 1.54) is 25.7 Å². The molecular weight excluding hydrogens is 192 g/mol. The molecule has 0 bridgehead atoms. The number of hydrogen-bond donors (Lipinski definition) is 1. The minimum Gasteiger partial charge on any atom is -0.359 e. The Labute approximate surface area is 81.0 Å². The molecule has 0 unspecified atom stereocenters. The van der Waals surface area contributed by atoms with Gasteiger partial charge in [0, 0.05) is 11.4 Å². The predicted octanol–water partition coefficient (Wildman–Crippen LogP) is 3.15. The van der Waals surface area contributed by atoms with Crippen LogP contribution >= 0.6 is 22.9 Å². The van der Waals surface area contributed by atoms with E-state index in [0.29, 0.717) is 11.2 Å². The molecular formula is C8H11ClN2S. The van der Waals surface area contributed by atoms with E-state index in [4.69, 9.17) is 11.6 Å². The average molecular weight is 203 g/mol. The lowest BCUT2D eigenvalue weighted by atomic mass is 10.3. The molecule has 0 aliphatic heterocycles. The number of nitrogens with one attached hydrogen (secondary N) is 1. The Bertz CT molecular complexity index is 255. The van der Waals surface area contributed by atoms with Crippen LogP contribution < -0.4 is 5.32 Å². The van der Waals surface area contributed by atoms with Gasteiger partial charge in [-0.3, -0.25) is 0 Å². The molecule has 0 aromatic carbocycles. The van der Waals surface area contributed by atoms with Crippen molar-refractivity contribution in [3.05, 3.63) is 10.5 Å². The van der Waals surface area contributed by atoms with Gasteiger partial charge in [0.25, 0.3) is 0 Å². The molecule has 0 atom stereocenters. The Balaban J connectivity index is 1.94. The lowest BCUT2D eigenvalue weighted by Crippen LogP contribution is -2.13. The van der Waals surface area contributed by atoms with Crippen molar-refractivity contribution in [2.45, 2.75) is 31.7 Å². The molecule has 1 aliphatic carbocycles. The summed E-state index contributed by atoms with van der Waals surface area (Å²) in [5.74, 6) is 0. The van der Waals surface area contributed by atoms with Crippen LogP contribution in [0.4, 0.5) is 5.13 Å². The zero-order valence-electron chi connectivity index (χ0n) is 6.72. The van der Waals surface area contributed by atoms with Crippen LogP contribution in [0.2, 0.25) is 5.15 Å². The smallest absolute Gasteiger partial charge is 0.184 e. The Morgan fingerprint density at radius 1 is 1.50 bits per heavy atom. The molecule has 0 radical (unpaired) electrons. The first-order valence-corrected chi connectivity index (χ1v) is 5.48. The highest BCUT2D eigenvalue weighted by Crippen LogP contribution is 2.25. The highest BCUT2D eigenvalue weighted by molar-refractivity contribution is 7.14. The van der Waals surface area contributed by atoms with Gasteiger partial charge in [-0.15, -0.1) is 11.3 Å². The van der Waals surface area contributed by atoms with Crippen molar-refractivity contribution in [2.75, 3.05) is 5.32 Å². The fraction of sp³-hybridized carbons (Fsp3) is 0.625. The van der Waals surface area contributed by atoms with Gasteiger partial charge >= 0.3 is 0 Å². The van der Waals surface area contributed by atoms with Crippen LogP contribution in [0.1, 0.15) is 25.7 Å². The summed E-state index contributed by atoms with van der Waals surface area (Å²) in [6.07, 6.45) is 5.24. The Morgan fingerprint density at radius 3 is 2.83 bits per heavy atom. The zero-order chi connectivity index (χ0) is 8.39. The second-order valence-corrected chi connectivity index (χ2v) is 4.35. The first-order chi connectivity index (χ1) is 5.84. The zero-order valence-corrected chi connectivity index (χ0v) is 8.29. The summed E-state index contributed by atoms with van der Waals surface area (Å²) in [6, 6.07) is 0.632. The third-order valence-electron chi connectivity index (χ3n) is 2.16. The summed E-state index contributed by atoms with van der Waals surface area (Å²) in [6.45, 7) is 0. The summed E-state index contributed by atoms with van der Waals surface area (Å²) in [5, 5.41) is 6.81. The molecule has 1 N–H and O–H groups in total. The Morgan fingerprint density at radius 2 is 2.25 bits per heavy atom. The summed E-state index contributed by atoms with van der Waals surface area (Å²) in [4.78, 5) is 4.15. The van der Waals surface area contributed by atoms with E-state index >= 15 is 0 Å². The third-order valence-corrected chi connectivity index (χ3v) is 3.26. The quantitative estimate of drug-likeness (QED) is 0.797. The second kappa shape index (κ2) is 3.62. The molecule has 2 rings (SSSR count). The second-order valence-electron chi connectivity index (χ2n) is 3.10. The molecule has 1 heterocycles. The van der Waals surface area contributed by atoms with Gasteiger partial charge in [-0.1, -0.05) is 24.4 Å². The van der Waals surface area contributed by atoms with Crippen molar-refractivity contribution >= 4 is 28.1 Å². The van der Waals surface area contributed by atoms with E-state index < -0.39 is 0 Å². The summed E-state index contributed by atoms with van der Waals surface area (Å²) < 4.78 is 0. The standard InChI is InChI=1S/C8H11ClN2S/c9-7-5-12-8(11-7)10-6-3-1-2-4-6/h5-6H,1-4H2,(H,10,11). The van der Waals surface area contributed by atoms with Gasteiger partial charge in [-0.05, 0) is 12.8 Å². The fourth-order valence-electron chi connectivity index (χ4n) is 1.57. The monoisotopic (exact) mass is 202 g/mol. The van der Waals surface area contributed by atoms with E-state index in [9.17, 15) is 0 Å². The maximum atomic E-state index is 5.71. The molecule has 0 saturated heterocycles. The Hall–Kier alpha value is -0.280. The van der Waals surface area contributed by atoms with Crippen LogP contribution in [0.25, 0.3) is 0 Å². The average Bonchev–Trinajstić information content (AvgIpc) is 2.63. The number of anilines is 1. The van der Waals surface area contributed by atoms with Gasteiger partial charge in [0.1, 0.15) is 5.15 Å². The maximum absolute atomic E-state index is 5.71. The van der Waals surface area contributed by atoms with Crippen LogP contribution in [0, 0.1) is 0 Å². The lowest BCUT2D eigenvalue weighted by molar-refractivity contribution is 0.754. The van der Waals surface area contributed by atoms with Crippen LogP contribution in [-0.4, -0.2) is 11.0 Å². The number of rotatable bonds is 2. The fourth-order valence-corrected chi connectivity index (χ4v) is 2.48. The van der Waals surface area contributed by atoms with E-state index in [-0.39, 0.29) is 0 Å². The molecule has 1 saturated carbocycles. The van der Waals surface area contributed by atoms with E-state index in [0.717, 1.165) is 5.13 Å². The van der Waals surface area contributed by atoms with Gasteiger partial charge < -0.3 is 5.32 Å². The number of hydrogen-bond acceptors (Lipinski definition) is 3. The first kappa shape index (κ1) is 8.32. The summed E-state index contributed by atoms with van der Waals surface area (Å²) in [7, 11) is 0. The summed E-state index contributed by atoms with van der Waals surface area (Å²) in [5.41, 5.74) is 0. The number of aromatic nitrogens is 1. The van der Waals surface area contributed by atoms with Crippen LogP contribution in [-0.2, 0) is 0 Å². The van der Waals surface area contributed by atoms with E-state index in [1.54, 1.807) is 11.3 Å². The van der Waals surface area contributed by atoms with Gasteiger partial charge in [-0.2, -0.15) is 0 Å². The van der Waals surface area contributed by atoms with E-state index in [2.05, 4.69) is 10.3 Å². The molecule has 0 spiro atoms. The molecule has 4 heteroatoms. The highest BCUT2D eigenvalue weighted by atomic mass is 35.5. The molecule has 1 aliphatic rings. The lowest BCUT2D eigenvalue weighted by Gasteiger charge is -2.08. The van der Waals surface area contributed by atoms with Crippen LogP contribution in [0.3, 0.4) is 0 Å². The summed E-state index contributed by atoms with van der Waals surface area (Å²) >= 11 is 7.29. The van der Waals surface area contributed by atoms with Gasteiger partial charge in [0.15, 0.2) is 5.13 Å². The topological polar surface area (TPSA) is 24.9 Å². The highest BCUT2D eigenvalue weighted by Gasteiger charge is 2.15. The van der Waals surface area contributed by atoms with Crippen molar-refractivity contribution in [3.63, 3.8) is 0 Å². The number of nitrogens with zero attached hydrogens (tertiary/aromatic N) is 1. The van der Waals surface area contributed by atoms with Crippen molar-refractivity contribution in [1.29, 1.82) is 0 Å². The van der Waals surface area contributed by atoms with Gasteiger partial charge in [0.05, 0.1) is 0 Å². The Kier molecular flexibility index (Phi) is 2.51. The molecule has 12 heavy (non-hydrogen) atoms. The van der Waals surface area contributed by atoms with Crippen molar-refractivity contribution in [1.82, 2.24) is 4.98 Å². The molecule has 0 amide bonds.